The Bertz CT molecular complexity index is 897. The molecule has 0 bridgehead atoms. The van der Waals surface area contributed by atoms with Crippen molar-refractivity contribution in [3.63, 3.8) is 0 Å². The van der Waals surface area contributed by atoms with Crippen LogP contribution in [0.15, 0.2) is 48.5 Å². The molecular weight excluding hydrogens is 292 g/mol. The Kier molecular flexibility index (Phi) is 3.80. The second-order valence-electron chi connectivity index (χ2n) is 5.11. The van der Waals surface area contributed by atoms with Gasteiger partial charge in [0.15, 0.2) is 5.70 Å². The molecule has 0 saturated heterocycles. The average molecular weight is 308 g/mol. The smallest absolute Gasteiger partial charge is 0.358 e. The lowest BCUT2D eigenvalue weighted by Crippen LogP contribution is -2.17. The van der Waals surface area contributed by atoms with Crippen molar-refractivity contribution >= 4 is 28.4 Å². The van der Waals surface area contributed by atoms with Crippen molar-refractivity contribution in [1.82, 2.24) is 15.0 Å². The second kappa shape index (κ2) is 5.92. The fraction of sp³-hybridized carbons (Fsp3) is 0.118. The molecule has 0 radical (unpaired) electrons. The lowest BCUT2D eigenvalue weighted by Gasteiger charge is -2.11. The zero-order valence-electron chi connectivity index (χ0n) is 12.9. The van der Waals surface area contributed by atoms with Gasteiger partial charge in [0.2, 0.25) is 0 Å². The molecule has 6 nitrogen and oxygen atoms in total. The summed E-state index contributed by atoms with van der Waals surface area (Å²) < 4.78 is 6.31. The van der Waals surface area contributed by atoms with Gasteiger partial charge in [0.05, 0.1) is 18.3 Å². The molecule has 0 aliphatic rings. The van der Waals surface area contributed by atoms with Crippen LogP contribution in [0.1, 0.15) is 11.1 Å². The maximum Gasteiger partial charge on any atom is 0.358 e. The van der Waals surface area contributed by atoms with E-state index >= 15 is 0 Å². The number of ether oxygens (including phenoxy) is 1. The van der Waals surface area contributed by atoms with Gasteiger partial charge >= 0.3 is 5.97 Å². The molecule has 0 aliphatic heterocycles. The molecule has 2 N–H and O–H groups in total. The Balaban J connectivity index is 2.26. The van der Waals surface area contributed by atoms with Crippen molar-refractivity contribution in [1.29, 1.82) is 0 Å². The molecule has 6 heteroatoms. The van der Waals surface area contributed by atoms with Gasteiger partial charge in [-0.05, 0) is 30.2 Å². The first kappa shape index (κ1) is 14.8. The minimum absolute atomic E-state index is 0.144. The molecule has 2 aromatic carbocycles. The van der Waals surface area contributed by atoms with Gasteiger partial charge in [-0.3, -0.25) is 0 Å². The quantitative estimate of drug-likeness (QED) is 0.592. The molecule has 1 heterocycles. The number of nitrogens with two attached hydrogens (primary N) is 1. The van der Waals surface area contributed by atoms with E-state index < -0.39 is 5.97 Å². The summed E-state index contributed by atoms with van der Waals surface area (Å²) in [5.41, 5.74) is 9.79. The summed E-state index contributed by atoms with van der Waals surface area (Å²) in [5.74, 6) is -0.571. The molecule has 0 spiro atoms. The summed E-state index contributed by atoms with van der Waals surface area (Å²) in [6, 6.07) is 14.9. The lowest BCUT2D eigenvalue weighted by atomic mass is 10.1. The molecule has 3 rings (SSSR count). The van der Waals surface area contributed by atoms with E-state index in [0.717, 1.165) is 5.56 Å². The Morgan fingerprint density at radius 1 is 1.17 bits per heavy atom. The number of hydrogen-bond acceptors (Lipinski definition) is 5. The highest BCUT2D eigenvalue weighted by molar-refractivity contribution is 6.19. The number of benzene rings is 2. The Labute approximate surface area is 133 Å². The number of nitrogens with zero attached hydrogens (tertiary/aromatic N) is 3. The van der Waals surface area contributed by atoms with E-state index in [-0.39, 0.29) is 11.4 Å². The molecule has 1 aromatic heterocycles. The van der Waals surface area contributed by atoms with Crippen LogP contribution < -0.4 is 5.73 Å². The van der Waals surface area contributed by atoms with Crippen molar-refractivity contribution in [3.8, 4) is 0 Å². The summed E-state index contributed by atoms with van der Waals surface area (Å²) in [5, 5.41) is 8.19. The van der Waals surface area contributed by atoms with Crippen molar-refractivity contribution in [2.45, 2.75) is 6.92 Å². The van der Waals surface area contributed by atoms with E-state index in [1.165, 1.54) is 11.8 Å². The van der Waals surface area contributed by atoms with E-state index in [1.807, 2.05) is 55.5 Å². The van der Waals surface area contributed by atoms with Crippen molar-refractivity contribution in [2.24, 2.45) is 5.73 Å². The van der Waals surface area contributed by atoms with E-state index in [0.29, 0.717) is 16.6 Å². The molecular formula is C17H16N4O2. The number of hydrogen-bond donors (Lipinski definition) is 1. The minimum Gasteiger partial charge on any atom is -0.464 e. The summed E-state index contributed by atoms with van der Waals surface area (Å²) in [4.78, 5) is 12.3. The summed E-state index contributed by atoms with van der Waals surface area (Å²) >= 11 is 0. The molecule has 23 heavy (non-hydrogen) atoms. The van der Waals surface area contributed by atoms with Gasteiger partial charge in [-0.2, -0.15) is 0 Å². The predicted octanol–water partition coefficient (Wildman–Crippen LogP) is 2.20. The van der Waals surface area contributed by atoms with E-state index in [4.69, 9.17) is 10.5 Å². The number of esters is 1. The molecule has 0 amide bonds. The van der Waals surface area contributed by atoms with Crippen LogP contribution >= 0.6 is 0 Å². The fourth-order valence-electron chi connectivity index (χ4n) is 2.36. The van der Waals surface area contributed by atoms with Gasteiger partial charge in [-0.25, -0.2) is 9.48 Å². The first-order valence-corrected chi connectivity index (χ1v) is 7.07. The Morgan fingerprint density at radius 3 is 2.61 bits per heavy atom. The molecule has 0 saturated carbocycles. The third kappa shape index (κ3) is 2.66. The van der Waals surface area contributed by atoms with E-state index in [9.17, 15) is 4.79 Å². The van der Waals surface area contributed by atoms with Crippen molar-refractivity contribution in [3.05, 3.63) is 59.7 Å². The molecule has 3 aromatic rings. The van der Waals surface area contributed by atoms with Crippen LogP contribution in [0, 0.1) is 6.92 Å². The standard InChI is InChI=1S/C17H16N4O2/c1-11-8-9-14-13(10-11)19-20-21(14)16(17(22)23-2)15(18)12-6-4-3-5-7-12/h3-10H,18H2,1-2H3/b16-15+. The lowest BCUT2D eigenvalue weighted by molar-refractivity contribution is -0.134. The van der Waals surface area contributed by atoms with Crippen LogP contribution in [0.4, 0.5) is 0 Å². The first-order chi connectivity index (χ1) is 11.1. The highest BCUT2D eigenvalue weighted by Crippen LogP contribution is 2.22. The zero-order valence-corrected chi connectivity index (χ0v) is 12.9. The van der Waals surface area contributed by atoms with E-state index in [2.05, 4.69) is 10.3 Å². The van der Waals surface area contributed by atoms with Crippen LogP contribution in [-0.2, 0) is 9.53 Å². The number of aryl methyl sites for hydroxylation is 1. The number of methoxy groups -OCH3 is 1. The molecule has 116 valence electrons. The second-order valence-corrected chi connectivity index (χ2v) is 5.11. The summed E-state index contributed by atoms with van der Waals surface area (Å²) in [6.45, 7) is 1.97. The summed E-state index contributed by atoms with van der Waals surface area (Å²) in [7, 11) is 1.31. The molecule has 0 atom stereocenters. The maximum atomic E-state index is 12.3. The van der Waals surface area contributed by atoms with Crippen molar-refractivity contribution in [2.75, 3.05) is 7.11 Å². The monoisotopic (exact) mass is 308 g/mol. The van der Waals surface area contributed by atoms with Crippen LogP contribution in [0.3, 0.4) is 0 Å². The number of carbonyl (C=O) groups is 1. The third-order valence-corrected chi connectivity index (χ3v) is 3.53. The van der Waals surface area contributed by atoms with Crippen LogP contribution in [0.25, 0.3) is 22.4 Å². The molecule has 0 aliphatic carbocycles. The van der Waals surface area contributed by atoms with Crippen molar-refractivity contribution < 1.29 is 9.53 Å². The number of aromatic nitrogens is 3. The molecule has 0 unspecified atom stereocenters. The largest absolute Gasteiger partial charge is 0.464 e. The third-order valence-electron chi connectivity index (χ3n) is 3.53. The SMILES string of the molecule is COC(=O)/C(=C(\N)c1ccccc1)n1nnc2cc(C)ccc21. The van der Waals surface area contributed by atoms with Gasteiger partial charge in [0, 0.05) is 0 Å². The maximum absolute atomic E-state index is 12.3. The van der Waals surface area contributed by atoms with Gasteiger partial charge in [0.1, 0.15) is 5.52 Å². The highest BCUT2D eigenvalue weighted by atomic mass is 16.5. The van der Waals surface area contributed by atoms with Gasteiger partial charge in [0.25, 0.3) is 0 Å². The van der Waals surface area contributed by atoms with Crippen LogP contribution in [0.2, 0.25) is 0 Å². The van der Waals surface area contributed by atoms with E-state index in [1.54, 1.807) is 0 Å². The normalized spacial score (nSPS) is 12.1. The van der Waals surface area contributed by atoms with Crippen LogP contribution in [0.5, 0.6) is 0 Å². The van der Waals surface area contributed by atoms with Crippen LogP contribution in [-0.4, -0.2) is 28.1 Å². The summed E-state index contributed by atoms with van der Waals surface area (Å²) in [6.07, 6.45) is 0. The van der Waals surface area contributed by atoms with Gasteiger partial charge in [-0.1, -0.05) is 41.6 Å². The highest BCUT2D eigenvalue weighted by Gasteiger charge is 2.21. The number of rotatable bonds is 3. The minimum atomic E-state index is -0.571. The molecule has 0 fully saturated rings. The Hall–Kier alpha value is -3.15. The zero-order chi connectivity index (χ0) is 16.4. The Morgan fingerprint density at radius 2 is 1.91 bits per heavy atom. The fourth-order valence-corrected chi connectivity index (χ4v) is 2.36. The van der Waals surface area contributed by atoms with Gasteiger partial charge < -0.3 is 10.5 Å². The van der Waals surface area contributed by atoms with Gasteiger partial charge in [-0.15, -0.1) is 5.10 Å². The first-order valence-electron chi connectivity index (χ1n) is 7.07. The number of fused-ring (bicyclic) bond motifs is 1. The number of carbonyl (C=O) groups excluding carboxylic acids is 1. The topological polar surface area (TPSA) is 83.0 Å². The average Bonchev–Trinajstić information content (AvgIpc) is 2.98. The predicted molar refractivity (Wildman–Crippen MR) is 88.0 cm³/mol.